The molecule has 0 radical (unpaired) electrons. The number of aryl methyl sites for hydroxylation is 1. The SMILES string of the molecule is Cc1cccc(-n2nc(C(=O)Nc3ccc(Br)cc3)nc2-c2ccccc2)c1. The summed E-state index contributed by atoms with van der Waals surface area (Å²) >= 11 is 3.39. The third kappa shape index (κ3) is 3.87. The maximum Gasteiger partial charge on any atom is 0.295 e. The largest absolute Gasteiger partial charge is 0.319 e. The van der Waals surface area contributed by atoms with Gasteiger partial charge in [-0.1, -0.05) is 58.4 Å². The zero-order chi connectivity index (χ0) is 19.5. The first-order chi connectivity index (χ1) is 13.6. The van der Waals surface area contributed by atoms with Gasteiger partial charge >= 0.3 is 0 Å². The van der Waals surface area contributed by atoms with Crippen LogP contribution in [0.1, 0.15) is 16.2 Å². The van der Waals surface area contributed by atoms with Crippen LogP contribution in [-0.4, -0.2) is 20.7 Å². The number of amides is 1. The van der Waals surface area contributed by atoms with Crippen LogP contribution in [-0.2, 0) is 0 Å². The molecule has 1 aromatic heterocycles. The van der Waals surface area contributed by atoms with Crippen LogP contribution in [0.4, 0.5) is 5.69 Å². The normalized spacial score (nSPS) is 10.6. The van der Waals surface area contributed by atoms with E-state index in [1.54, 1.807) is 4.68 Å². The van der Waals surface area contributed by atoms with Crippen molar-refractivity contribution >= 4 is 27.5 Å². The van der Waals surface area contributed by atoms with Gasteiger partial charge < -0.3 is 5.32 Å². The molecule has 5 nitrogen and oxygen atoms in total. The Bertz CT molecular complexity index is 1120. The number of benzene rings is 3. The van der Waals surface area contributed by atoms with Gasteiger partial charge in [0, 0.05) is 15.7 Å². The second-order valence-corrected chi connectivity index (χ2v) is 7.25. The summed E-state index contributed by atoms with van der Waals surface area (Å²) in [7, 11) is 0. The molecular weight excluding hydrogens is 416 g/mol. The van der Waals surface area contributed by atoms with Gasteiger partial charge in [-0.2, -0.15) is 0 Å². The molecule has 0 aliphatic rings. The predicted molar refractivity (Wildman–Crippen MR) is 114 cm³/mol. The van der Waals surface area contributed by atoms with Crippen molar-refractivity contribution in [3.8, 4) is 17.1 Å². The molecule has 1 heterocycles. The van der Waals surface area contributed by atoms with E-state index in [0.717, 1.165) is 21.3 Å². The quantitative estimate of drug-likeness (QED) is 0.478. The number of nitrogens with zero attached hydrogens (tertiary/aromatic N) is 3. The molecule has 1 N–H and O–H groups in total. The van der Waals surface area contributed by atoms with Crippen molar-refractivity contribution in [2.45, 2.75) is 6.92 Å². The van der Waals surface area contributed by atoms with Gasteiger partial charge in [-0.25, -0.2) is 9.67 Å². The highest BCUT2D eigenvalue weighted by Gasteiger charge is 2.19. The van der Waals surface area contributed by atoms with E-state index in [1.807, 2.05) is 85.8 Å². The Balaban J connectivity index is 1.74. The van der Waals surface area contributed by atoms with E-state index < -0.39 is 0 Å². The molecule has 3 aromatic carbocycles. The standard InChI is InChI=1S/C22H17BrN4O/c1-15-6-5-9-19(14-15)27-21(16-7-3-2-4-8-16)25-20(26-27)22(28)24-18-12-10-17(23)11-13-18/h2-14H,1H3,(H,24,28). The summed E-state index contributed by atoms with van der Waals surface area (Å²) in [6.45, 7) is 2.02. The average molecular weight is 433 g/mol. The van der Waals surface area contributed by atoms with Gasteiger partial charge in [0.1, 0.15) is 0 Å². The molecule has 0 saturated carbocycles. The number of halogens is 1. The Labute approximate surface area is 171 Å². The zero-order valence-electron chi connectivity index (χ0n) is 15.1. The lowest BCUT2D eigenvalue weighted by molar-refractivity contribution is 0.101. The van der Waals surface area contributed by atoms with Crippen molar-refractivity contribution in [2.24, 2.45) is 0 Å². The van der Waals surface area contributed by atoms with Crippen LogP contribution in [0, 0.1) is 6.92 Å². The van der Waals surface area contributed by atoms with Crippen LogP contribution in [0.2, 0.25) is 0 Å². The number of hydrogen-bond donors (Lipinski definition) is 1. The van der Waals surface area contributed by atoms with Gasteiger partial charge in [0.15, 0.2) is 5.82 Å². The van der Waals surface area contributed by atoms with E-state index in [-0.39, 0.29) is 11.7 Å². The Hall–Kier alpha value is -3.25. The van der Waals surface area contributed by atoms with E-state index in [0.29, 0.717) is 11.5 Å². The van der Waals surface area contributed by atoms with Gasteiger partial charge in [-0.15, -0.1) is 5.10 Å². The lowest BCUT2D eigenvalue weighted by Crippen LogP contribution is -2.14. The van der Waals surface area contributed by atoms with Crippen molar-refractivity contribution in [2.75, 3.05) is 5.32 Å². The van der Waals surface area contributed by atoms with Crippen molar-refractivity contribution in [3.05, 3.63) is 94.7 Å². The number of anilines is 1. The zero-order valence-corrected chi connectivity index (χ0v) is 16.7. The first kappa shape index (κ1) is 18.1. The summed E-state index contributed by atoms with van der Waals surface area (Å²) in [5.41, 5.74) is 3.53. The molecule has 6 heteroatoms. The second kappa shape index (κ2) is 7.78. The second-order valence-electron chi connectivity index (χ2n) is 6.34. The third-order valence-corrected chi connectivity index (χ3v) is 4.72. The highest BCUT2D eigenvalue weighted by atomic mass is 79.9. The first-order valence-electron chi connectivity index (χ1n) is 8.76. The predicted octanol–water partition coefficient (Wildman–Crippen LogP) is 5.26. The third-order valence-electron chi connectivity index (χ3n) is 4.19. The Kier molecular flexibility index (Phi) is 5.04. The fourth-order valence-electron chi connectivity index (χ4n) is 2.84. The minimum absolute atomic E-state index is 0.114. The summed E-state index contributed by atoms with van der Waals surface area (Å²) in [5, 5.41) is 7.34. The van der Waals surface area contributed by atoms with Crippen molar-refractivity contribution in [3.63, 3.8) is 0 Å². The summed E-state index contributed by atoms with van der Waals surface area (Å²) in [6, 6.07) is 25.0. The smallest absolute Gasteiger partial charge is 0.295 e. The first-order valence-corrected chi connectivity index (χ1v) is 9.56. The van der Waals surface area contributed by atoms with Gasteiger partial charge in [0.2, 0.25) is 5.82 Å². The maximum atomic E-state index is 12.7. The molecule has 0 aliphatic heterocycles. The summed E-state index contributed by atoms with van der Waals surface area (Å²) in [6.07, 6.45) is 0. The topological polar surface area (TPSA) is 59.8 Å². The molecule has 0 bridgehead atoms. The average Bonchev–Trinajstić information content (AvgIpc) is 3.16. The molecule has 0 unspecified atom stereocenters. The number of hydrogen-bond acceptors (Lipinski definition) is 3. The van der Waals surface area contributed by atoms with Crippen LogP contribution < -0.4 is 5.32 Å². The van der Waals surface area contributed by atoms with Crippen LogP contribution >= 0.6 is 15.9 Å². The molecular formula is C22H17BrN4O. The van der Waals surface area contributed by atoms with E-state index >= 15 is 0 Å². The van der Waals surface area contributed by atoms with Crippen molar-refractivity contribution in [1.29, 1.82) is 0 Å². The van der Waals surface area contributed by atoms with E-state index in [4.69, 9.17) is 0 Å². The van der Waals surface area contributed by atoms with Gasteiger partial charge in [0.25, 0.3) is 5.91 Å². The lowest BCUT2D eigenvalue weighted by atomic mass is 10.2. The highest BCUT2D eigenvalue weighted by molar-refractivity contribution is 9.10. The molecule has 0 fully saturated rings. The molecule has 138 valence electrons. The molecule has 28 heavy (non-hydrogen) atoms. The maximum absolute atomic E-state index is 12.7. The van der Waals surface area contributed by atoms with E-state index in [1.165, 1.54) is 0 Å². The molecule has 4 rings (SSSR count). The van der Waals surface area contributed by atoms with E-state index in [9.17, 15) is 4.79 Å². The minimum Gasteiger partial charge on any atom is -0.319 e. The summed E-state index contributed by atoms with van der Waals surface area (Å²) in [5.74, 6) is 0.376. The highest BCUT2D eigenvalue weighted by Crippen LogP contribution is 2.22. The molecule has 0 aliphatic carbocycles. The van der Waals surface area contributed by atoms with Crippen molar-refractivity contribution < 1.29 is 4.79 Å². The van der Waals surface area contributed by atoms with Gasteiger partial charge in [-0.05, 0) is 48.9 Å². The lowest BCUT2D eigenvalue weighted by Gasteiger charge is -2.06. The minimum atomic E-state index is -0.356. The van der Waals surface area contributed by atoms with Crippen LogP contribution in [0.15, 0.2) is 83.3 Å². The number of nitrogens with one attached hydrogen (secondary N) is 1. The Morgan fingerprint density at radius 1 is 0.964 bits per heavy atom. The molecule has 0 spiro atoms. The summed E-state index contributed by atoms with van der Waals surface area (Å²) in [4.78, 5) is 17.3. The van der Waals surface area contributed by atoms with Gasteiger partial charge in [0.05, 0.1) is 5.69 Å². The number of carbonyl (C=O) groups is 1. The molecule has 0 atom stereocenters. The van der Waals surface area contributed by atoms with Crippen molar-refractivity contribution in [1.82, 2.24) is 14.8 Å². The van der Waals surface area contributed by atoms with Crippen LogP contribution in [0.5, 0.6) is 0 Å². The molecule has 1 amide bonds. The number of rotatable bonds is 4. The van der Waals surface area contributed by atoms with E-state index in [2.05, 4.69) is 31.3 Å². The fraction of sp³-hybridized carbons (Fsp3) is 0.0455. The number of carbonyl (C=O) groups excluding carboxylic acids is 1. The monoisotopic (exact) mass is 432 g/mol. The molecule has 4 aromatic rings. The van der Waals surface area contributed by atoms with Crippen LogP contribution in [0.25, 0.3) is 17.1 Å². The van der Waals surface area contributed by atoms with Gasteiger partial charge in [-0.3, -0.25) is 4.79 Å². The number of aromatic nitrogens is 3. The Morgan fingerprint density at radius 3 is 2.43 bits per heavy atom. The fourth-order valence-corrected chi connectivity index (χ4v) is 3.11. The molecule has 0 saturated heterocycles. The summed E-state index contributed by atoms with van der Waals surface area (Å²) < 4.78 is 2.65. The van der Waals surface area contributed by atoms with Crippen LogP contribution in [0.3, 0.4) is 0 Å². The Morgan fingerprint density at radius 2 is 1.71 bits per heavy atom.